The maximum absolute atomic E-state index is 11.4. The molecular formula is C8H12N2O2. The van der Waals surface area contributed by atoms with Gasteiger partial charge in [0.15, 0.2) is 0 Å². The summed E-state index contributed by atoms with van der Waals surface area (Å²) < 4.78 is 6.33. The lowest BCUT2D eigenvalue weighted by atomic mass is 10.4. The van der Waals surface area contributed by atoms with Crippen molar-refractivity contribution >= 4 is 0 Å². The smallest absolute Gasteiger partial charge is 0.295 e. The zero-order valence-corrected chi connectivity index (χ0v) is 7.50. The summed E-state index contributed by atoms with van der Waals surface area (Å²) >= 11 is 0. The fourth-order valence-electron chi connectivity index (χ4n) is 1.03. The van der Waals surface area contributed by atoms with Crippen LogP contribution in [0.15, 0.2) is 11.0 Å². The molecular weight excluding hydrogens is 156 g/mol. The summed E-state index contributed by atoms with van der Waals surface area (Å²) in [6.07, 6.45) is 2.21. The zero-order valence-electron chi connectivity index (χ0n) is 7.50. The van der Waals surface area contributed by atoms with E-state index in [-0.39, 0.29) is 11.3 Å². The van der Waals surface area contributed by atoms with Crippen LogP contribution in [0.5, 0.6) is 5.75 Å². The molecule has 4 nitrogen and oxygen atoms in total. The molecule has 0 amide bonds. The van der Waals surface area contributed by atoms with Gasteiger partial charge in [-0.25, -0.2) is 4.98 Å². The van der Waals surface area contributed by atoms with Crippen molar-refractivity contribution in [3.8, 4) is 5.75 Å². The van der Waals surface area contributed by atoms with E-state index in [9.17, 15) is 4.79 Å². The van der Waals surface area contributed by atoms with E-state index in [1.165, 1.54) is 17.9 Å². The number of aromatic nitrogens is 2. The van der Waals surface area contributed by atoms with Crippen LogP contribution in [0.4, 0.5) is 0 Å². The molecule has 0 aliphatic rings. The number of methoxy groups -OCH3 is 1. The number of hydrogen-bond acceptors (Lipinski definition) is 3. The molecule has 0 aliphatic carbocycles. The Balaban J connectivity index is 3.30. The summed E-state index contributed by atoms with van der Waals surface area (Å²) in [6, 6.07) is 0. The minimum absolute atomic E-state index is 0.135. The van der Waals surface area contributed by atoms with Gasteiger partial charge in [0.1, 0.15) is 5.82 Å². The Hall–Kier alpha value is -1.32. The first-order valence-electron chi connectivity index (χ1n) is 3.79. The Labute approximate surface area is 70.8 Å². The van der Waals surface area contributed by atoms with Crippen LogP contribution in [0, 0.1) is 0 Å². The van der Waals surface area contributed by atoms with Crippen LogP contribution in [0.3, 0.4) is 0 Å². The molecule has 12 heavy (non-hydrogen) atoms. The number of nitrogens with zero attached hydrogens (tertiary/aromatic N) is 2. The Kier molecular flexibility index (Phi) is 2.47. The van der Waals surface area contributed by atoms with Crippen LogP contribution >= 0.6 is 0 Å². The molecule has 0 unspecified atom stereocenters. The summed E-state index contributed by atoms with van der Waals surface area (Å²) in [5.74, 6) is 1.05. The fraction of sp³-hybridized carbons (Fsp3) is 0.500. The van der Waals surface area contributed by atoms with E-state index >= 15 is 0 Å². The number of rotatable bonds is 2. The first kappa shape index (κ1) is 8.77. The third-order valence-electron chi connectivity index (χ3n) is 1.77. The average molecular weight is 168 g/mol. The Bertz CT molecular complexity index is 330. The van der Waals surface area contributed by atoms with Gasteiger partial charge < -0.3 is 4.74 Å². The molecule has 0 fully saturated rings. The van der Waals surface area contributed by atoms with Crippen molar-refractivity contribution in [2.75, 3.05) is 7.11 Å². The quantitative estimate of drug-likeness (QED) is 0.640. The van der Waals surface area contributed by atoms with Crippen molar-refractivity contribution in [3.63, 3.8) is 0 Å². The highest BCUT2D eigenvalue weighted by Gasteiger charge is 2.04. The Morgan fingerprint density at radius 2 is 2.33 bits per heavy atom. The number of ether oxygens (including phenoxy) is 1. The van der Waals surface area contributed by atoms with E-state index in [0.29, 0.717) is 0 Å². The Morgan fingerprint density at radius 3 is 2.83 bits per heavy atom. The molecule has 1 aromatic rings. The molecule has 0 aliphatic heterocycles. The maximum Gasteiger partial charge on any atom is 0.295 e. The van der Waals surface area contributed by atoms with Gasteiger partial charge in [0, 0.05) is 13.5 Å². The number of aryl methyl sites for hydroxylation is 1. The van der Waals surface area contributed by atoms with Crippen LogP contribution in [0.2, 0.25) is 0 Å². The lowest BCUT2D eigenvalue weighted by Gasteiger charge is -2.05. The van der Waals surface area contributed by atoms with E-state index in [4.69, 9.17) is 4.74 Å². The van der Waals surface area contributed by atoms with E-state index in [2.05, 4.69) is 4.98 Å². The van der Waals surface area contributed by atoms with Gasteiger partial charge in [-0.15, -0.1) is 0 Å². The lowest BCUT2D eigenvalue weighted by molar-refractivity contribution is 0.400. The van der Waals surface area contributed by atoms with Crippen LogP contribution in [-0.2, 0) is 13.5 Å². The van der Waals surface area contributed by atoms with Gasteiger partial charge in [-0.2, -0.15) is 0 Å². The standard InChI is InChI=1S/C8H12N2O2/c1-4-7-9-5-6(12-3)8(11)10(7)2/h5H,4H2,1-3H3. The van der Waals surface area contributed by atoms with Gasteiger partial charge in [0.25, 0.3) is 5.56 Å². The molecule has 0 saturated carbocycles. The molecule has 0 saturated heterocycles. The fourth-order valence-corrected chi connectivity index (χ4v) is 1.03. The SMILES string of the molecule is CCc1ncc(OC)c(=O)n1C. The predicted octanol–water partition coefficient (Wildman–Crippen LogP) is 0.351. The maximum atomic E-state index is 11.4. The molecule has 0 aromatic carbocycles. The minimum Gasteiger partial charge on any atom is -0.490 e. The second kappa shape index (κ2) is 3.38. The average Bonchev–Trinajstić information content (AvgIpc) is 2.10. The van der Waals surface area contributed by atoms with Crippen LogP contribution in [0.25, 0.3) is 0 Å². The molecule has 4 heteroatoms. The summed E-state index contributed by atoms with van der Waals surface area (Å²) in [5.41, 5.74) is -0.135. The second-order valence-corrected chi connectivity index (χ2v) is 2.46. The topological polar surface area (TPSA) is 44.1 Å². The molecule has 66 valence electrons. The van der Waals surface area contributed by atoms with E-state index in [1.54, 1.807) is 7.05 Å². The van der Waals surface area contributed by atoms with Gasteiger partial charge in [0.05, 0.1) is 13.3 Å². The first-order chi connectivity index (χ1) is 5.70. The van der Waals surface area contributed by atoms with Crippen LogP contribution in [0.1, 0.15) is 12.7 Å². The third-order valence-corrected chi connectivity index (χ3v) is 1.77. The largest absolute Gasteiger partial charge is 0.490 e. The van der Waals surface area contributed by atoms with Crippen molar-refractivity contribution in [1.82, 2.24) is 9.55 Å². The molecule has 1 aromatic heterocycles. The first-order valence-corrected chi connectivity index (χ1v) is 3.79. The highest BCUT2D eigenvalue weighted by molar-refractivity contribution is 5.13. The van der Waals surface area contributed by atoms with Crippen LogP contribution in [-0.4, -0.2) is 16.7 Å². The molecule has 1 heterocycles. The van der Waals surface area contributed by atoms with Crippen molar-refractivity contribution < 1.29 is 4.74 Å². The minimum atomic E-state index is -0.135. The lowest BCUT2D eigenvalue weighted by Crippen LogP contribution is -2.22. The normalized spacial score (nSPS) is 9.92. The van der Waals surface area contributed by atoms with E-state index in [1.807, 2.05) is 6.92 Å². The molecule has 1 rings (SSSR count). The van der Waals surface area contributed by atoms with Gasteiger partial charge in [-0.1, -0.05) is 6.92 Å². The Morgan fingerprint density at radius 1 is 1.67 bits per heavy atom. The third kappa shape index (κ3) is 1.32. The zero-order chi connectivity index (χ0) is 9.14. The van der Waals surface area contributed by atoms with Gasteiger partial charge in [-0.3, -0.25) is 9.36 Å². The van der Waals surface area contributed by atoms with Crippen molar-refractivity contribution in [1.29, 1.82) is 0 Å². The molecule has 0 radical (unpaired) electrons. The van der Waals surface area contributed by atoms with Gasteiger partial charge >= 0.3 is 0 Å². The number of hydrogen-bond donors (Lipinski definition) is 0. The molecule has 0 atom stereocenters. The van der Waals surface area contributed by atoms with Gasteiger partial charge in [-0.05, 0) is 0 Å². The highest BCUT2D eigenvalue weighted by atomic mass is 16.5. The van der Waals surface area contributed by atoms with Gasteiger partial charge in [0.2, 0.25) is 5.75 Å². The predicted molar refractivity (Wildman–Crippen MR) is 45.4 cm³/mol. The summed E-state index contributed by atoms with van der Waals surface area (Å²) in [5, 5.41) is 0. The van der Waals surface area contributed by atoms with Crippen molar-refractivity contribution in [3.05, 3.63) is 22.4 Å². The molecule has 0 spiro atoms. The second-order valence-electron chi connectivity index (χ2n) is 2.46. The highest BCUT2D eigenvalue weighted by Crippen LogP contribution is 2.00. The van der Waals surface area contributed by atoms with Crippen LogP contribution < -0.4 is 10.3 Å². The van der Waals surface area contributed by atoms with E-state index < -0.39 is 0 Å². The van der Waals surface area contributed by atoms with Crippen molar-refractivity contribution in [2.24, 2.45) is 7.05 Å². The van der Waals surface area contributed by atoms with Crippen molar-refractivity contribution in [2.45, 2.75) is 13.3 Å². The summed E-state index contributed by atoms with van der Waals surface area (Å²) in [6.45, 7) is 1.95. The summed E-state index contributed by atoms with van der Waals surface area (Å²) in [7, 11) is 3.15. The summed E-state index contributed by atoms with van der Waals surface area (Å²) in [4.78, 5) is 15.4. The molecule has 0 bridgehead atoms. The monoisotopic (exact) mass is 168 g/mol. The molecule has 0 N–H and O–H groups in total. The van der Waals surface area contributed by atoms with E-state index in [0.717, 1.165) is 12.2 Å².